The molecule has 100 valence electrons. The molecule has 19 heavy (non-hydrogen) atoms. The maximum Gasteiger partial charge on any atom is 0.123 e. The maximum absolute atomic E-state index is 13.0. The van der Waals surface area contributed by atoms with Gasteiger partial charge in [0, 0.05) is 38.1 Å². The zero-order valence-corrected chi connectivity index (χ0v) is 10.7. The van der Waals surface area contributed by atoms with Crippen molar-refractivity contribution in [3.05, 3.63) is 53.9 Å². The van der Waals surface area contributed by atoms with Crippen LogP contribution in [0.25, 0.3) is 0 Å². The van der Waals surface area contributed by atoms with E-state index in [9.17, 15) is 4.39 Å². The van der Waals surface area contributed by atoms with Crippen molar-refractivity contribution in [1.29, 1.82) is 0 Å². The van der Waals surface area contributed by atoms with Crippen LogP contribution in [-0.2, 0) is 13.1 Å². The Hall–Kier alpha value is -1.72. The standard InChI is InChI=1S/C14H17FN4/c15-12-3-1-11(2-4-12)13(9-16)19-8-7-18-6-5-17-14(18)10-19/h1-6,13H,7-10,16H2. The number of fused-ring (bicyclic) bond motifs is 1. The zero-order chi connectivity index (χ0) is 13.2. The van der Waals surface area contributed by atoms with Gasteiger partial charge in [-0.25, -0.2) is 9.37 Å². The average molecular weight is 260 g/mol. The molecule has 0 saturated carbocycles. The third-order valence-electron chi connectivity index (χ3n) is 3.69. The summed E-state index contributed by atoms with van der Waals surface area (Å²) in [4.78, 5) is 6.65. The van der Waals surface area contributed by atoms with E-state index in [-0.39, 0.29) is 11.9 Å². The van der Waals surface area contributed by atoms with Crippen molar-refractivity contribution in [1.82, 2.24) is 14.5 Å². The molecular formula is C14H17FN4. The SMILES string of the molecule is NCC(c1ccc(F)cc1)N1CCn2ccnc2C1. The summed E-state index contributed by atoms with van der Waals surface area (Å²) in [7, 11) is 0. The number of aromatic nitrogens is 2. The largest absolute Gasteiger partial charge is 0.333 e. The van der Waals surface area contributed by atoms with E-state index in [1.807, 2.05) is 24.5 Å². The van der Waals surface area contributed by atoms with Crippen LogP contribution >= 0.6 is 0 Å². The maximum atomic E-state index is 13.0. The Morgan fingerprint density at radius 2 is 2.05 bits per heavy atom. The molecule has 2 aromatic rings. The van der Waals surface area contributed by atoms with Crippen molar-refractivity contribution in [3.8, 4) is 0 Å². The van der Waals surface area contributed by atoms with E-state index in [1.54, 1.807) is 0 Å². The Bertz CT molecular complexity index is 549. The van der Waals surface area contributed by atoms with Crippen LogP contribution in [0.5, 0.6) is 0 Å². The number of hydrogen-bond acceptors (Lipinski definition) is 3. The van der Waals surface area contributed by atoms with Crippen molar-refractivity contribution in [2.75, 3.05) is 13.1 Å². The van der Waals surface area contributed by atoms with Gasteiger partial charge in [-0.15, -0.1) is 0 Å². The van der Waals surface area contributed by atoms with Gasteiger partial charge in [0.2, 0.25) is 0 Å². The lowest BCUT2D eigenvalue weighted by Gasteiger charge is -2.34. The summed E-state index contributed by atoms with van der Waals surface area (Å²) < 4.78 is 15.2. The summed E-state index contributed by atoms with van der Waals surface area (Å²) in [6.07, 6.45) is 3.83. The normalized spacial score (nSPS) is 17.2. The monoisotopic (exact) mass is 260 g/mol. The summed E-state index contributed by atoms with van der Waals surface area (Å²) >= 11 is 0. The molecule has 1 aliphatic rings. The second-order valence-corrected chi connectivity index (χ2v) is 4.81. The molecular weight excluding hydrogens is 243 g/mol. The minimum atomic E-state index is -0.214. The zero-order valence-electron chi connectivity index (χ0n) is 10.7. The second-order valence-electron chi connectivity index (χ2n) is 4.81. The molecule has 3 rings (SSSR count). The molecule has 5 heteroatoms. The van der Waals surface area contributed by atoms with Gasteiger partial charge in [0.05, 0.1) is 6.54 Å². The van der Waals surface area contributed by atoms with Gasteiger partial charge in [0.1, 0.15) is 11.6 Å². The Balaban J connectivity index is 1.82. The molecule has 1 atom stereocenters. The fourth-order valence-corrected chi connectivity index (χ4v) is 2.64. The van der Waals surface area contributed by atoms with Crippen molar-refractivity contribution < 1.29 is 4.39 Å². The summed E-state index contributed by atoms with van der Waals surface area (Å²) in [5, 5.41) is 0. The summed E-state index contributed by atoms with van der Waals surface area (Å²) in [5.41, 5.74) is 6.97. The number of rotatable bonds is 3. The first-order valence-electron chi connectivity index (χ1n) is 6.47. The lowest BCUT2D eigenvalue weighted by molar-refractivity contribution is 0.156. The smallest absolute Gasteiger partial charge is 0.123 e. The van der Waals surface area contributed by atoms with Crippen molar-refractivity contribution in [2.24, 2.45) is 5.73 Å². The molecule has 1 unspecified atom stereocenters. The highest BCUT2D eigenvalue weighted by Gasteiger charge is 2.24. The highest BCUT2D eigenvalue weighted by atomic mass is 19.1. The number of halogens is 1. The van der Waals surface area contributed by atoms with Gasteiger partial charge in [0.15, 0.2) is 0 Å². The molecule has 0 amide bonds. The molecule has 0 bridgehead atoms. The van der Waals surface area contributed by atoms with Crippen LogP contribution in [0, 0.1) is 5.82 Å². The van der Waals surface area contributed by atoms with Crippen LogP contribution < -0.4 is 5.73 Å². The van der Waals surface area contributed by atoms with Gasteiger partial charge in [-0.1, -0.05) is 12.1 Å². The van der Waals surface area contributed by atoms with E-state index < -0.39 is 0 Å². The van der Waals surface area contributed by atoms with Crippen molar-refractivity contribution in [3.63, 3.8) is 0 Å². The Morgan fingerprint density at radius 1 is 1.26 bits per heavy atom. The first kappa shape index (κ1) is 12.3. The van der Waals surface area contributed by atoms with Gasteiger partial charge >= 0.3 is 0 Å². The summed E-state index contributed by atoms with van der Waals surface area (Å²) in [5.74, 6) is 0.848. The van der Waals surface area contributed by atoms with Crippen molar-refractivity contribution >= 4 is 0 Å². The molecule has 1 aromatic carbocycles. The minimum absolute atomic E-state index is 0.117. The third kappa shape index (κ3) is 2.39. The highest BCUT2D eigenvalue weighted by molar-refractivity contribution is 5.20. The lowest BCUT2D eigenvalue weighted by Crippen LogP contribution is -2.39. The third-order valence-corrected chi connectivity index (χ3v) is 3.69. The number of hydrogen-bond donors (Lipinski definition) is 1. The molecule has 0 aliphatic carbocycles. The van der Waals surface area contributed by atoms with Gasteiger partial charge in [0.25, 0.3) is 0 Å². The van der Waals surface area contributed by atoms with Gasteiger partial charge in [-0.3, -0.25) is 4.90 Å². The fraction of sp³-hybridized carbons (Fsp3) is 0.357. The fourth-order valence-electron chi connectivity index (χ4n) is 2.64. The molecule has 2 N–H and O–H groups in total. The Labute approximate surface area is 111 Å². The van der Waals surface area contributed by atoms with Gasteiger partial charge in [-0.2, -0.15) is 0 Å². The van der Waals surface area contributed by atoms with E-state index in [0.29, 0.717) is 6.54 Å². The molecule has 0 saturated heterocycles. The first-order chi connectivity index (χ1) is 9.28. The van der Waals surface area contributed by atoms with E-state index in [2.05, 4.69) is 14.5 Å². The second kappa shape index (κ2) is 5.11. The van der Waals surface area contributed by atoms with Crippen LogP contribution in [-0.4, -0.2) is 27.5 Å². The predicted molar refractivity (Wildman–Crippen MR) is 70.8 cm³/mol. The number of benzene rings is 1. The van der Waals surface area contributed by atoms with Crippen LogP contribution in [0.2, 0.25) is 0 Å². The molecule has 0 spiro atoms. The summed E-state index contributed by atoms with van der Waals surface area (Å²) in [6, 6.07) is 6.72. The number of imidazole rings is 1. The molecule has 1 aliphatic heterocycles. The van der Waals surface area contributed by atoms with Crippen LogP contribution in [0.1, 0.15) is 17.4 Å². The minimum Gasteiger partial charge on any atom is -0.333 e. The van der Waals surface area contributed by atoms with E-state index in [0.717, 1.165) is 31.0 Å². The lowest BCUT2D eigenvalue weighted by atomic mass is 10.0. The Kier molecular flexibility index (Phi) is 3.31. The van der Waals surface area contributed by atoms with E-state index in [4.69, 9.17) is 5.73 Å². The molecule has 0 radical (unpaired) electrons. The molecule has 2 heterocycles. The quantitative estimate of drug-likeness (QED) is 0.910. The van der Waals surface area contributed by atoms with Crippen LogP contribution in [0.15, 0.2) is 36.7 Å². The Morgan fingerprint density at radius 3 is 2.79 bits per heavy atom. The van der Waals surface area contributed by atoms with Gasteiger partial charge in [-0.05, 0) is 17.7 Å². The van der Waals surface area contributed by atoms with Gasteiger partial charge < -0.3 is 10.3 Å². The van der Waals surface area contributed by atoms with Crippen molar-refractivity contribution in [2.45, 2.75) is 19.1 Å². The molecule has 0 fully saturated rings. The van der Waals surface area contributed by atoms with Crippen LogP contribution in [0.4, 0.5) is 4.39 Å². The number of nitrogens with two attached hydrogens (primary N) is 1. The highest BCUT2D eigenvalue weighted by Crippen LogP contribution is 2.24. The summed E-state index contributed by atoms with van der Waals surface area (Å²) in [6.45, 7) is 3.16. The van der Waals surface area contributed by atoms with Crippen LogP contribution in [0.3, 0.4) is 0 Å². The molecule has 1 aromatic heterocycles. The first-order valence-corrected chi connectivity index (χ1v) is 6.47. The topological polar surface area (TPSA) is 47.1 Å². The van der Waals surface area contributed by atoms with E-state index in [1.165, 1.54) is 12.1 Å². The predicted octanol–water partition coefficient (Wildman–Crippen LogP) is 1.54. The molecule has 4 nitrogen and oxygen atoms in total. The number of nitrogens with zero attached hydrogens (tertiary/aromatic N) is 3. The average Bonchev–Trinajstić information content (AvgIpc) is 2.89. The van der Waals surface area contributed by atoms with E-state index >= 15 is 0 Å².